The van der Waals surface area contributed by atoms with Crippen LogP contribution in [0.15, 0.2) is 23.7 Å². The van der Waals surface area contributed by atoms with Gasteiger partial charge < -0.3 is 9.47 Å². The highest BCUT2D eigenvalue weighted by Crippen LogP contribution is 2.19. The van der Waals surface area contributed by atoms with E-state index < -0.39 is 0 Å². The second-order valence-electron chi connectivity index (χ2n) is 2.48. The Labute approximate surface area is 71.7 Å². The predicted octanol–water partition coefficient (Wildman–Crippen LogP) is 1.76. The Kier molecular flexibility index (Phi) is 2.91. The number of rotatable bonds is 2. The minimum absolute atomic E-state index is 0.337. The maximum atomic E-state index is 10.9. The van der Waals surface area contributed by atoms with Crippen molar-refractivity contribution in [2.24, 2.45) is 0 Å². The number of hydrogen-bond acceptors (Lipinski definition) is 3. The molecule has 0 unspecified atom stereocenters. The molecular weight excluding hydrogens is 156 g/mol. The lowest BCUT2D eigenvalue weighted by Crippen LogP contribution is -2.00. The van der Waals surface area contributed by atoms with Crippen LogP contribution in [-0.2, 0) is 14.3 Å². The molecule has 0 radical (unpaired) electrons. The van der Waals surface area contributed by atoms with Crippen molar-refractivity contribution in [2.75, 3.05) is 6.61 Å². The summed E-state index contributed by atoms with van der Waals surface area (Å²) in [5, 5.41) is 0. The number of carbonyl (C=O) groups is 1. The van der Waals surface area contributed by atoms with Crippen molar-refractivity contribution < 1.29 is 14.3 Å². The minimum Gasteiger partial charge on any atom is -0.466 e. The summed E-state index contributed by atoms with van der Waals surface area (Å²) >= 11 is 0. The van der Waals surface area contributed by atoms with Gasteiger partial charge in [0.2, 0.25) is 0 Å². The minimum atomic E-state index is -0.337. The van der Waals surface area contributed by atoms with Gasteiger partial charge in [-0.25, -0.2) is 4.79 Å². The quantitative estimate of drug-likeness (QED) is 0.465. The third kappa shape index (κ3) is 2.42. The van der Waals surface area contributed by atoms with Crippen LogP contribution in [0.4, 0.5) is 0 Å². The number of allylic oxidation sites excluding steroid dienone is 2. The topological polar surface area (TPSA) is 35.5 Å². The fraction of sp³-hybridized carbons (Fsp3) is 0.444. The lowest BCUT2D eigenvalue weighted by atomic mass is 10.3. The molecule has 12 heavy (non-hydrogen) atoms. The molecule has 0 N–H and O–H groups in total. The summed E-state index contributed by atoms with van der Waals surface area (Å²) in [6.07, 6.45) is 3.99. The van der Waals surface area contributed by atoms with E-state index in [1.807, 2.05) is 13.0 Å². The van der Waals surface area contributed by atoms with E-state index in [-0.39, 0.29) is 5.97 Å². The van der Waals surface area contributed by atoms with Gasteiger partial charge in [0.25, 0.3) is 0 Å². The van der Waals surface area contributed by atoms with E-state index in [1.165, 1.54) is 6.08 Å². The fourth-order valence-electron chi connectivity index (χ4n) is 0.938. The van der Waals surface area contributed by atoms with Crippen LogP contribution in [0.25, 0.3) is 0 Å². The number of carbonyl (C=O) groups excluding carboxylic acids is 1. The van der Waals surface area contributed by atoms with Gasteiger partial charge in [0.15, 0.2) is 0 Å². The molecule has 0 saturated heterocycles. The van der Waals surface area contributed by atoms with Crippen LogP contribution in [-0.4, -0.2) is 12.6 Å². The van der Waals surface area contributed by atoms with Crippen LogP contribution >= 0.6 is 0 Å². The Morgan fingerprint density at radius 1 is 1.83 bits per heavy atom. The third-order valence-electron chi connectivity index (χ3n) is 1.45. The van der Waals surface area contributed by atoms with Gasteiger partial charge in [0.1, 0.15) is 5.76 Å². The number of hydrogen-bond donors (Lipinski definition) is 0. The van der Waals surface area contributed by atoms with Gasteiger partial charge in [-0.2, -0.15) is 0 Å². The molecule has 0 atom stereocenters. The molecule has 1 rings (SSSR count). The van der Waals surface area contributed by atoms with Crippen molar-refractivity contribution in [3.63, 3.8) is 0 Å². The Balaban J connectivity index is 2.44. The molecule has 66 valence electrons. The fourth-order valence-corrected chi connectivity index (χ4v) is 0.938. The zero-order valence-electron chi connectivity index (χ0n) is 7.29. The molecule has 0 aromatic rings. The molecule has 3 heteroatoms. The van der Waals surface area contributed by atoms with E-state index in [2.05, 4.69) is 0 Å². The van der Waals surface area contributed by atoms with Gasteiger partial charge in [-0.3, -0.25) is 0 Å². The first-order chi connectivity index (χ1) is 5.72. The van der Waals surface area contributed by atoms with Crippen LogP contribution < -0.4 is 0 Å². The Morgan fingerprint density at radius 3 is 3.08 bits per heavy atom. The van der Waals surface area contributed by atoms with Gasteiger partial charge in [-0.1, -0.05) is 0 Å². The van der Waals surface area contributed by atoms with E-state index in [9.17, 15) is 4.79 Å². The maximum Gasteiger partial charge on any atom is 0.334 e. The second kappa shape index (κ2) is 3.95. The monoisotopic (exact) mass is 168 g/mol. The summed E-state index contributed by atoms with van der Waals surface area (Å²) in [4.78, 5) is 10.9. The maximum absolute atomic E-state index is 10.9. The zero-order chi connectivity index (χ0) is 8.97. The molecular formula is C9H12O3. The molecule has 0 aromatic heterocycles. The zero-order valence-corrected chi connectivity index (χ0v) is 7.29. The molecule has 3 nitrogen and oxygen atoms in total. The van der Waals surface area contributed by atoms with Crippen LogP contribution in [0.2, 0.25) is 0 Å². The summed E-state index contributed by atoms with van der Waals surface area (Å²) in [6.45, 7) is 4.02. The molecule has 0 saturated carbocycles. The summed E-state index contributed by atoms with van der Waals surface area (Å²) in [7, 11) is 0. The van der Waals surface area contributed by atoms with Crippen molar-refractivity contribution in [3.8, 4) is 0 Å². The molecule has 0 amide bonds. The largest absolute Gasteiger partial charge is 0.466 e. The lowest BCUT2D eigenvalue weighted by Gasteiger charge is -2.00. The second-order valence-corrected chi connectivity index (χ2v) is 2.48. The van der Waals surface area contributed by atoms with Crippen LogP contribution in [0, 0.1) is 0 Å². The summed E-state index contributed by atoms with van der Waals surface area (Å²) < 4.78 is 9.92. The molecule has 0 fully saturated rings. The smallest absolute Gasteiger partial charge is 0.334 e. The van der Waals surface area contributed by atoms with Crippen molar-refractivity contribution in [1.82, 2.24) is 0 Å². The normalized spacial score (nSPS) is 18.8. The van der Waals surface area contributed by atoms with Crippen LogP contribution in [0.3, 0.4) is 0 Å². The predicted molar refractivity (Wildman–Crippen MR) is 44.2 cm³/mol. The highest BCUT2D eigenvalue weighted by molar-refractivity contribution is 5.82. The molecule has 1 aliphatic rings. The molecule has 1 heterocycles. The molecule has 0 aliphatic carbocycles. The number of ether oxygens (including phenoxy) is 2. The van der Waals surface area contributed by atoms with E-state index in [1.54, 1.807) is 6.92 Å². The van der Waals surface area contributed by atoms with Crippen molar-refractivity contribution in [2.45, 2.75) is 20.3 Å². The van der Waals surface area contributed by atoms with E-state index in [4.69, 9.17) is 9.47 Å². The van der Waals surface area contributed by atoms with Crippen molar-refractivity contribution in [1.29, 1.82) is 0 Å². The van der Waals surface area contributed by atoms with Gasteiger partial charge >= 0.3 is 5.97 Å². The van der Waals surface area contributed by atoms with E-state index in [0.717, 1.165) is 5.76 Å². The SMILES string of the molecule is CCOC(=O)C=C1CC=C(C)O1. The Bertz CT molecular complexity index is 238. The first-order valence-corrected chi connectivity index (χ1v) is 3.94. The van der Waals surface area contributed by atoms with Crippen molar-refractivity contribution in [3.05, 3.63) is 23.7 Å². The highest BCUT2D eigenvalue weighted by Gasteiger charge is 2.09. The first kappa shape index (κ1) is 8.84. The molecule has 0 spiro atoms. The standard InChI is InChI=1S/C9H12O3/c1-3-11-9(10)6-8-5-4-7(2)12-8/h4,6H,3,5H2,1-2H3. The summed E-state index contributed by atoms with van der Waals surface area (Å²) in [5.41, 5.74) is 0. The lowest BCUT2D eigenvalue weighted by molar-refractivity contribution is -0.137. The van der Waals surface area contributed by atoms with Crippen LogP contribution in [0.1, 0.15) is 20.3 Å². The van der Waals surface area contributed by atoms with E-state index in [0.29, 0.717) is 18.8 Å². The number of esters is 1. The first-order valence-electron chi connectivity index (χ1n) is 3.94. The molecule has 0 aromatic carbocycles. The average Bonchev–Trinajstić information content (AvgIpc) is 2.36. The van der Waals surface area contributed by atoms with Crippen LogP contribution in [0.5, 0.6) is 0 Å². The highest BCUT2D eigenvalue weighted by atomic mass is 16.5. The van der Waals surface area contributed by atoms with Crippen molar-refractivity contribution >= 4 is 5.97 Å². The van der Waals surface area contributed by atoms with Gasteiger partial charge in [0.05, 0.1) is 18.4 Å². The Morgan fingerprint density at radius 2 is 2.58 bits per heavy atom. The average molecular weight is 168 g/mol. The summed E-state index contributed by atoms with van der Waals surface area (Å²) in [5.74, 6) is 1.16. The molecule has 1 aliphatic heterocycles. The Hall–Kier alpha value is -1.25. The third-order valence-corrected chi connectivity index (χ3v) is 1.45. The van der Waals surface area contributed by atoms with E-state index >= 15 is 0 Å². The van der Waals surface area contributed by atoms with Gasteiger partial charge in [-0.15, -0.1) is 0 Å². The molecule has 0 bridgehead atoms. The van der Waals surface area contributed by atoms with Gasteiger partial charge in [-0.05, 0) is 19.9 Å². The van der Waals surface area contributed by atoms with Gasteiger partial charge in [0, 0.05) is 6.42 Å². The summed E-state index contributed by atoms with van der Waals surface area (Å²) in [6, 6.07) is 0.